The monoisotopic (exact) mass is 484 g/mol. The number of aromatic nitrogens is 3. The summed E-state index contributed by atoms with van der Waals surface area (Å²) < 4.78 is 21.2. The number of halogens is 1. The maximum Gasteiger partial charge on any atom is 0.230 e. The summed E-state index contributed by atoms with van der Waals surface area (Å²) >= 11 is 1.35. The van der Waals surface area contributed by atoms with Gasteiger partial charge in [-0.2, -0.15) is 0 Å². The number of rotatable bonds is 11. The Morgan fingerprint density at radius 1 is 1.03 bits per heavy atom. The summed E-state index contributed by atoms with van der Waals surface area (Å²) in [5.74, 6) is 2.15. The highest BCUT2D eigenvalue weighted by Gasteiger charge is 2.21. The average molecular weight is 485 g/mol. The van der Waals surface area contributed by atoms with Crippen molar-refractivity contribution in [2.75, 3.05) is 5.75 Å². The van der Waals surface area contributed by atoms with Gasteiger partial charge in [0.15, 0.2) is 17.1 Å². The number of nitrogens with zero attached hydrogens (tertiary/aromatic N) is 3. The van der Waals surface area contributed by atoms with Gasteiger partial charge >= 0.3 is 0 Å². The predicted octanol–water partition coefficient (Wildman–Crippen LogP) is 5.75. The fourth-order valence-electron chi connectivity index (χ4n) is 3.42. The van der Waals surface area contributed by atoms with Crippen molar-refractivity contribution >= 4 is 17.7 Å². The van der Waals surface area contributed by atoms with Crippen molar-refractivity contribution in [2.24, 2.45) is 5.92 Å². The summed E-state index contributed by atoms with van der Waals surface area (Å²) in [7, 11) is 0. The second-order valence-electron chi connectivity index (χ2n) is 9.02. The lowest BCUT2D eigenvalue weighted by molar-refractivity contribution is -0.118. The topological polar surface area (TPSA) is 69.0 Å². The highest BCUT2D eigenvalue weighted by Crippen LogP contribution is 2.26. The van der Waals surface area contributed by atoms with Gasteiger partial charge in [0.1, 0.15) is 11.6 Å². The van der Waals surface area contributed by atoms with E-state index in [4.69, 9.17) is 4.74 Å². The fraction of sp³-hybridized carbons (Fsp3) is 0.423. The molecule has 0 saturated heterocycles. The first-order valence-corrected chi connectivity index (χ1v) is 12.5. The zero-order valence-electron chi connectivity index (χ0n) is 20.4. The van der Waals surface area contributed by atoms with Gasteiger partial charge in [0.2, 0.25) is 5.91 Å². The number of carbonyl (C=O) groups excluding carboxylic acids is 1. The Hall–Kier alpha value is -2.87. The molecule has 3 rings (SSSR count). The van der Waals surface area contributed by atoms with E-state index in [1.807, 2.05) is 23.6 Å². The minimum Gasteiger partial charge on any atom is -0.483 e. The molecule has 1 heterocycles. The van der Waals surface area contributed by atoms with Gasteiger partial charge in [0.05, 0.1) is 5.75 Å². The van der Waals surface area contributed by atoms with Crippen LogP contribution in [0.1, 0.15) is 63.6 Å². The second kappa shape index (κ2) is 12.0. The largest absolute Gasteiger partial charge is 0.483 e. The van der Waals surface area contributed by atoms with Crippen LogP contribution in [-0.2, 0) is 17.9 Å². The molecule has 0 spiro atoms. The molecule has 6 nitrogen and oxygen atoms in total. The predicted molar refractivity (Wildman–Crippen MR) is 133 cm³/mol. The molecule has 34 heavy (non-hydrogen) atoms. The van der Waals surface area contributed by atoms with E-state index in [9.17, 15) is 9.18 Å². The van der Waals surface area contributed by atoms with Crippen LogP contribution in [-0.4, -0.2) is 26.4 Å². The molecule has 1 atom stereocenters. The molecular formula is C26H33FN4O2S. The number of nitrogens with one attached hydrogen (secondary N) is 1. The quantitative estimate of drug-likeness (QED) is 0.351. The number of benzene rings is 2. The zero-order chi connectivity index (χ0) is 24.7. The van der Waals surface area contributed by atoms with Gasteiger partial charge in [-0.1, -0.05) is 63.7 Å². The zero-order valence-corrected chi connectivity index (χ0v) is 21.2. The van der Waals surface area contributed by atoms with Crippen LogP contribution in [0, 0.1) is 11.7 Å². The Bertz CT molecular complexity index is 1070. The van der Waals surface area contributed by atoms with Crippen molar-refractivity contribution < 1.29 is 13.9 Å². The minimum absolute atomic E-state index is 0.121. The minimum atomic E-state index is -0.295. The number of amides is 1. The average Bonchev–Trinajstić information content (AvgIpc) is 3.19. The molecule has 0 fully saturated rings. The highest BCUT2D eigenvalue weighted by molar-refractivity contribution is 7.99. The van der Waals surface area contributed by atoms with Crippen LogP contribution in [0.5, 0.6) is 5.75 Å². The third-order valence-electron chi connectivity index (χ3n) is 5.25. The standard InChI is InChI=1S/C26H33FN4O2S/c1-17(2)15-31-25(19(5)33-23-12-8-21(9-13-23)18(3)4)29-30-26(31)34-16-24(32)28-14-20-6-10-22(27)11-7-20/h6-13,17-19H,14-16H2,1-5H3,(H,28,32). The summed E-state index contributed by atoms with van der Waals surface area (Å²) in [6, 6.07) is 14.2. The molecular weight excluding hydrogens is 451 g/mol. The van der Waals surface area contributed by atoms with E-state index in [-0.39, 0.29) is 23.6 Å². The van der Waals surface area contributed by atoms with Crippen LogP contribution >= 0.6 is 11.8 Å². The first-order chi connectivity index (χ1) is 16.2. The number of ether oxygens (including phenoxy) is 1. The van der Waals surface area contributed by atoms with Crippen molar-refractivity contribution in [2.45, 2.75) is 64.9 Å². The van der Waals surface area contributed by atoms with Crippen LogP contribution < -0.4 is 10.1 Å². The molecule has 182 valence electrons. The fourth-order valence-corrected chi connectivity index (χ4v) is 4.20. The number of hydrogen-bond donors (Lipinski definition) is 1. The van der Waals surface area contributed by atoms with E-state index in [0.29, 0.717) is 23.5 Å². The summed E-state index contributed by atoms with van der Waals surface area (Å²) in [5.41, 5.74) is 2.11. The molecule has 3 aromatic rings. The van der Waals surface area contributed by atoms with Gasteiger partial charge in [-0.3, -0.25) is 4.79 Å². The summed E-state index contributed by atoms with van der Waals surface area (Å²) in [6.07, 6.45) is -0.294. The van der Waals surface area contributed by atoms with Crippen molar-refractivity contribution in [1.82, 2.24) is 20.1 Å². The Morgan fingerprint density at radius 3 is 2.32 bits per heavy atom. The Kier molecular flexibility index (Phi) is 9.10. The number of thioether (sulfide) groups is 1. The van der Waals surface area contributed by atoms with E-state index < -0.39 is 0 Å². The van der Waals surface area contributed by atoms with Gasteiger partial charge in [-0.05, 0) is 54.2 Å². The van der Waals surface area contributed by atoms with Crippen LogP contribution in [0.3, 0.4) is 0 Å². The van der Waals surface area contributed by atoms with E-state index in [2.05, 4.69) is 55.3 Å². The molecule has 1 unspecified atom stereocenters. The van der Waals surface area contributed by atoms with Crippen molar-refractivity contribution in [3.63, 3.8) is 0 Å². The van der Waals surface area contributed by atoms with E-state index >= 15 is 0 Å². The molecule has 0 bridgehead atoms. The summed E-state index contributed by atoms with van der Waals surface area (Å²) in [6.45, 7) is 11.6. The van der Waals surface area contributed by atoms with Crippen LogP contribution in [0.4, 0.5) is 4.39 Å². The van der Waals surface area contributed by atoms with Crippen LogP contribution in [0.15, 0.2) is 53.7 Å². The summed E-state index contributed by atoms with van der Waals surface area (Å²) in [4.78, 5) is 12.4. The van der Waals surface area contributed by atoms with Crippen molar-refractivity contribution in [1.29, 1.82) is 0 Å². The van der Waals surface area contributed by atoms with Gasteiger partial charge in [-0.15, -0.1) is 10.2 Å². The van der Waals surface area contributed by atoms with E-state index in [1.54, 1.807) is 12.1 Å². The van der Waals surface area contributed by atoms with Crippen LogP contribution in [0.2, 0.25) is 0 Å². The Balaban J connectivity index is 1.63. The SMILES string of the molecule is CC(C)Cn1c(SCC(=O)NCc2ccc(F)cc2)nnc1C(C)Oc1ccc(C(C)C)cc1. The highest BCUT2D eigenvalue weighted by atomic mass is 32.2. The van der Waals surface area contributed by atoms with Crippen LogP contribution in [0.25, 0.3) is 0 Å². The lowest BCUT2D eigenvalue weighted by atomic mass is 10.0. The lowest BCUT2D eigenvalue weighted by Gasteiger charge is -2.18. The van der Waals surface area contributed by atoms with Gasteiger partial charge < -0.3 is 14.6 Å². The molecule has 0 radical (unpaired) electrons. The molecule has 0 saturated carbocycles. The second-order valence-corrected chi connectivity index (χ2v) is 9.96. The molecule has 0 aliphatic heterocycles. The summed E-state index contributed by atoms with van der Waals surface area (Å²) in [5, 5.41) is 12.3. The molecule has 1 amide bonds. The maximum atomic E-state index is 13.0. The van der Waals surface area contributed by atoms with Gasteiger partial charge in [0.25, 0.3) is 0 Å². The lowest BCUT2D eigenvalue weighted by Crippen LogP contribution is -2.25. The molecule has 1 aromatic heterocycles. The Morgan fingerprint density at radius 2 is 1.71 bits per heavy atom. The van der Waals surface area contributed by atoms with Gasteiger partial charge in [-0.25, -0.2) is 4.39 Å². The van der Waals surface area contributed by atoms with E-state index in [1.165, 1.54) is 29.5 Å². The number of hydrogen-bond acceptors (Lipinski definition) is 5. The normalized spacial score (nSPS) is 12.2. The van der Waals surface area contributed by atoms with Gasteiger partial charge in [0, 0.05) is 13.1 Å². The van der Waals surface area contributed by atoms with E-state index in [0.717, 1.165) is 23.7 Å². The molecule has 2 aromatic carbocycles. The third-order valence-corrected chi connectivity index (χ3v) is 6.22. The first-order valence-electron chi connectivity index (χ1n) is 11.6. The first kappa shape index (κ1) is 25.7. The third kappa shape index (κ3) is 7.32. The molecule has 8 heteroatoms. The molecule has 1 N–H and O–H groups in total. The Labute approximate surface area is 205 Å². The smallest absolute Gasteiger partial charge is 0.230 e. The van der Waals surface area contributed by atoms with Crippen molar-refractivity contribution in [3.8, 4) is 5.75 Å². The van der Waals surface area contributed by atoms with Crippen molar-refractivity contribution in [3.05, 3.63) is 71.3 Å². The molecule has 0 aliphatic rings. The number of carbonyl (C=O) groups is 1. The maximum absolute atomic E-state index is 13.0. The molecule has 0 aliphatic carbocycles.